The van der Waals surface area contributed by atoms with Gasteiger partial charge in [0.1, 0.15) is 5.60 Å². The lowest BCUT2D eigenvalue weighted by atomic mass is 10.2. The molecule has 1 unspecified atom stereocenters. The molecule has 0 aliphatic heterocycles. The third kappa shape index (κ3) is 8.84. The Bertz CT molecular complexity index is 284. The van der Waals surface area contributed by atoms with E-state index in [4.69, 9.17) is 11.7 Å². The van der Waals surface area contributed by atoms with Crippen LogP contribution < -0.4 is 5.32 Å². The molecule has 0 fully saturated rings. The number of nitrogens with zero attached hydrogens (tertiary/aromatic N) is 1. The first-order valence-electron chi connectivity index (χ1n) is 6.12. The highest BCUT2D eigenvalue weighted by Gasteiger charge is 2.19. The maximum atomic E-state index is 11.6. The Kier molecular flexibility index (Phi) is 6.73. The van der Waals surface area contributed by atoms with Gasteiger partial charge < -0.3 is 15.0 Å². The molecule has 0 heterocycles. The van der Waals surface area contributed by atoms with Crippen LogP contribution in [0.1, 0.15) is 40.5 Å². The Labute approximate surface area is 110 Å². The van der Waals surface area contributed by atoms with Gasteiger partial charge >= 0.3 is 6.09 Å². The van der Waals surface area contributed by atoms with Gasteiger partial charge in [0.15, 0.2) is 0 Å². The zero-order valence-electron chi connectivity index (χ0n) is 11.9. The average Bonchev–Trinajstić information content (AvgIpc) is 2.13. The molecule has 5 heteroatoms. The minimum Gasteiger partial charge on any atom is -0.444 e. The molecule has 104 valence electrons. The highest BCUT2D eigenvalue weighted by atomic mass is 16.6. The van der Waals surface area contributed by atoms with Crippen LogP contribution in [0.15, 0.2) is 0 Å². The van der Waals surface area contributed by atoms with Crippen LogP contribution in [0.3, 0.4) is 0 Å². The van der Waals surface area contributed by atoms with E-state index in [1.165, 1.54) is 4.90 Å². The Morgan fingerprint density at radius 1 is 1.39 bits per heavy atom. The molecule has 2 amide bonds. The summed E-state index contributed by atoms with van der Waals surface area (Å²) in [6, 6.07) is 0.00883. The minimum atomic E-state index is -0.525. The largest absolute Gasteiger partial charge is 0.444 e. The third-order valence-corrected chi connectivity index (χ3v) is 2.22. The zero-order chi connectivity index (χ0) is 14.3. The van der Waals surface area contributed by atoms with Crippen molar-refractivity contribution in [2.45, 2.75) is 52.2 Å². The maximum Gasteiger partial charge on any atom is 0.410 e. The SMILES string of the molecule is [CH]C(=O)NC(C)CCCN(C)C(=O)OC(C)(C)C. The second-order valence-corrected chi connectivity index (χ2v) is 5.45. The molecule has 1 atom stereocenters. The number of nitrogens with one attached hydrogen (secondary N) is 1. The average molecular weight is 256 g/mol. The Morgan fingerprint density at radius 2 is 1.94 bits per heavy atom. The van der Waals surface area contributed by atoms with Gasteiger partial charge in [-0.1, -0.05) is 0 Å². The Balaban J connectivity index is 3.86. The van der Waals surface area contributed by atoms with Crippen LogP contribution in [0, 0.1) is 6.92 Å². The fourth-order valence-electron chi connectivity index (χ4n) is 1.38. The van der Waals surface area contributed by atoms with Gasteiger partial charge in [0.05, 0.1) is 6.92 Å². The van der Waals surface area contributed by atoms with Crippen molar-refractivity contribution in [3.05, 3.63) is 6.92 Å². The first-order chi connectivity index (χ1) is 8.11. The van der Waals surface area contributed by atoms with Crippen LogP contribution in [0.5, 0.6) is 0 Å². The van der Waals surface area contributed by atoms with Crippen molar-refractivity contribution in [3.63, 3.8) is 0 Å². The van der Waals surface area contributed by atoms with Crippen LogP contribution in [-0.2, 0) is 9.53 Å². The molecule has 0 aromatic carbocycles. The summed E-state index contributed by atoms with van der Waals surface area (Å²) in [4.78, 5) is 23.8. The predicted molar refractivity (Wildman–Crippen MR) is 70.0 cm³/mol. The van der Waals surface area contributed by atoms with E-state index >= 15 is 0 Å². The summed E-state index contributed by atoms with van der Waals surface area (Å²) in [5.74, 6) is -0.525. The lowest BCUT2D eigenvalue weighted by Crippen LogP contribution is -2.36. The number of hydrogen-bond acceptors (Lipinski definition) is 3. The maximum absolute atomic E-state index is 11.6. The highest BCUT2D eigenvalue weighted by molar-refractivity contribution is 5.80. The quantitative estimate of drug-likeness (QED) is 0.816. The summed E-state index contributed by atoms with van der Waals surface area (Å²) in [5, 5.41) is 2.59. The number of rotatable bonds is 5. The van der Waals surface area contributed by atoms with Crippen molar-refractivity contribution < 1.29 is 14.3 Å². The minimum absolute atomic E-state index is 0.00883. The smallest absolute Gasteiger partial charge is 0.410 e. The standard InChI is InChI=1S/C13H24N2O3/c1-10(14-11(2)16)8-7-9-15(6)12(17)18-13(3,4)5/h2,10H,7-9H2,1,3-6H3,(H,14,16). The molecule has 0 rings (SSSR count). The molecule has 0 aliphatic rings. The molecular weight excluding hydrogens is 232 g/mol. The molecule has 0 spiro atoms. The van der Waals surface area contributed by atoms with Crippen LogP contribution in [0.2, 0.25) is 0 Å². The molecule has 18 heavy (non-hydrogen) atoms. The molecule has 0 bridgehead atoms. The van der Waals surface area contributed by atoms with Gasteiger partial charge in [-0.25, -0.2) is 4.79 Å². The zero-order valence-corrected chi connectivity index (χ0v) is 11.9. The van der Waals surface area contributed by atoms with Gasteiger partial charge in [0.25, 0.3) is 0 Å². The van der Waals surface area contributed by atoms with Crippen molar-refractivity contribution in [1.82, 2.24) is 10.2 Å². The van der Waals surface area contributed by atoms with Gasteiger partial charge in [-0.2, -0.15) is 0 Å². The summed E-state index contributed by atoms with van der Waals surface area (Å²) in [5.41, 5.74) is -0.480. The normalized spacial score (nSPS) is 12.8. The van der Waals surface area contributed by atoms with Gasteiger partial charge in [-0.05, 0) is 40.5 Å². The summed E-state index contributed by atoms with van der Waals surface area (Å²) in [6.07, 6.45) is 1.20. The van der Waals surface area contributed by atoms with Gasteiger partial charge in [0.2, 0.25) is 5.91 Å². The van der Waals surface area contributed by atoms with Gasteiger partial charge in [0, 0.05) is 19.6 Å². The monoisotopic (exact) mass is 256 g/mol. The molecule has 0 saturated carbocycles. The molecule has 5 nitrogen and oxygen atoms in total. The molecule has 0 aliphatic carbocycles. The number of amides is 2. The molecule has 0 aromatic heterocycles. The first kappa shape index (κ1) is 16.7. The lowest BCUT2D eigenvalue weighted by molar-refractivity contribution is -0.117. The van der Waals surface area contributed by atoms with E-state index in [0.717, 1.165) is 12.8 Å². The van der Waals surface area contributed by atoms with Crippen molar-refractivity contribution in [1.29, 1.82) is 0 Å². The summed E-state index contributed by atoms with van der Waals surface area (Å²) >= 11 is 0. The van der Waals surface area contributed by atoms with E-state index in [0.29, 0.717) is 6.54 Å². The van der Waals surface area contributed by atoms with Crippen molar-refractivity contribution in [2.75, 3.05) is 13.6 Å². The van der Waals surface area contributed by atoms with E-state index < -0.39 is 11.5 Å². The molecule has 1 N–H and O–H groups in total. The topological polar surface area (TPSA) is 58.6 Å². The molecule has 0 saturated heterocycles. The van der Waals surface area contributed by atoms with E-state index in [2.05, 4.69) is 5.32 Å². The molecule has 2 radical (unpaired) electrons. The van der Waals surface area contributed by atoms with Crippen molar-refractivity contribution in [3.8, 4) is 0 Å². The van der Waals surface area contributed by atoms with Crippen LogP contribution >= 0.6 is 0 Å². The summed E-state index contributed by atoms with van der Waals surface area (Å²) < 4.78 is 5.22. The third-order valence-electron chi connectivity index (χ3n) is 2.22. The predicted octanol–water partition coefficient (Wildman–Crippen LogP) is 1.85. The van der Waals surface area contributed by atoms with Crippen LogP contribution in [0.25, 0.3) is 0 Å². The van der Waals surface area contributed by atoms with Gasteiger partial charge in [-0.15, -0.1) is 0 Å². The fourth-order valence-corrected chi connectivity index (χ4v) is 1.38. The van der Waals surface area contributed by atoms with Crippen LogP contribution in [0.4, 0.5) is 4.79 Å². The highest BCUT2D eigenvalue weighted by Crippen LogP contribution is 2.09. The lowest BCUT2D eigenvalue weighted by Gasteiger charge is -2.25. The number of carbonyl (C=O) groups is 2. The summed E-state index contributed by atoms with van der Waals surface area (Å²) in [7, 11) is 1.69. The second kappa shape index (κ2) is 7.24. The fraction of sp³-hybridized carbons (Fsp3) is 0.769. The van der Waals surface area contributed by atoms with Crippen molar-refractivity contribution in [2.24, 2.45) is 0 Å². The number of carbonyl (C=O) groups excluding carboxylic acids is 2. The van der Waals surface area contributed by atoms with E-state index in [1.54, 1.807) is 7.05 Å². The number of ether oxygens (including phenoxy) is 1. The first-order valence-corrected chi connectivity index (χ1v) is 6.12. The van der Waals surface area contributed by atoms with Crippen LogP contribution in [-0.4, -0.2) is 42.1 Å². The van der Waals surface area contributed by atoms with Gasteiger partial charge in [-0.3, -0.25) is 4.79 Å². The Morgan fingerprint density at radius 3 is 2.39 bits per heavy atom. The second-order valence-electron chi connectivity index (χ2n) is 5.45. The number of hydrogen-bond donors (Lipinski definition) is 1. The van der Waals surface area contributed by atoms with E-state index in [1.807, 2.05) is 27.7 Å². The van der Waals surface area contributed by atoms with E-state index in [-0.39, 0.29) is 12.1 Å². The van der Waals surface area contributed by atoms with Crippen molar-refractivity contribution >= 4 is 12.0 Å². The molecular formula is C13H24N2O3. The summed E-state index contributed by atoms with van der Waals surface area (Å²) in [6.45, 7) is 13.0. The molecule has 0 aromatic rings. The van der Waals surface area contributed by atoms with E-state index in [9.17, 15) is 9.59 Å². The Hall–Kier alpha value is -1.26.